The molecule has 1 N–H and O–H groups in total. The average molecular weight is 351 g/mol. The smallest absolute Gasteiger partial charge is 0.306 e. The highest BCUT2D eigenvalue weighted by molar-refractivity contribution is 7.14. The molecule has 1 aliphatic rings. The summed E-state index contributed by atoms with van der Waals surface area (Å²) >= 11 is 1.39. The summed E-state index contributed by atoms with van der Waals surface area (Å²) in [6.45, 7) is 1.85. The van der Waals surface area contributed by atoms with Crippen LogP contribution in [0.5, 0.6) is 0 Å². The van der Waals surface area contributed by atoms with Crippen molar-refractivity contribution in [1.82, 2.24) is 5.32 Å². The highest BCUT2D eigenvalue weighted by atomic mass is 32.1. The summed E-state index contributed by atoms with van der Waals surface area (Å²) in [7, 11) is 0. The van der Waals surface area contributed by atoms with E-state index in [2.05, 4.69) is 5.32 Å². The molecule has 1 amide bonds. The fraction of sp³-hybridized carbons (Fsp3) is 0.611. The van der Waals surface area contributed by atoms with Crippen molar-refractivity contribution in [2.45, 2.75) is 51.9 Å². The Balaban J connectivity index is 1.70. The molecule has 24 heavy (non-hydrogen) atoms. The Morgan fingerprint density at radius 2 is 1.96 bits per heavy atom. The number of hydrogen-bond donors (Lipinski definition) is 1. The highest BCUT2D eigenvalue weighted by Gasteiger charge is 2.19. The Morgan fingerprint density at radius 1 is 1.21 bits per heavy atom. The Kier molecular flexibility index (Phi) is 7.43. The van der Waals surface area contributed by atoms with E-state index >= 15 is 0 Å². The van der Waals surface area contributed by atoms with Crippen molar-refractivity contribution in [3.63, 3.8) is 0 Å². The molecular weight excluding hydrogens is 326 g/mol. The lowest BCUT2D eigenvalue weighted by atomic mass is 9.87. The molecule has 1 aromatic rings. The van der Waals surface area contributed by atoms with Gasteiger partial charge < -0.3 is 10.1 Å². The van der Waals surface area contributed by atoms with Gasteiger partial charge in [-0.3, -0.25) is 14.4 Å². The van der Waals surface area contributed by atoms with Crippen molar-refractivity contribution >= 4 is 29.0 Å². The maximum absolute atomic E-state index is 12.1. The van der Waals surface area contributed by atoms with Gasteiger partial charge in [0.05, 0.1) is 4.88 Å². The second kappa shape index (κ2) is 9.57. The monoisotopic (exact) mass is 351 g/mol. The predicted molar refractivity (Wildman–Crippen MR) is 93.2 cm³/mol. The minimum absolute atomic E-state index is 0.0623. The second-order valence-corrected chi connectivity index (χ2v) is 7.46. The lowest BCUT2D eigenvalue weighted by Gasteiger charge is -2.20. The zero-order valence-electron chi connectivity index (χ0n) is 14.1. The Morgan fingerprint density at radius 3 is 2.67 bits per heavy atom. The van der Waals surface area contributed by atoms with Gasteiger partial charge in [0.25, 0.3) is 0 Å². The van der Waals surface area contributed by atoms with E-state index in [-0.39, 0.29) is 24.3 Å². The molecule has 5 nitrogen and oxygen atoms in total. The number of thiophene rings is 1. The van der Waals surface area contributed by atoms with Crippen molar-refractivity contribution in [1.29, 1.82) is 0 Å². The van der Waals surface area contributed by atoms with Crippen molar-refractivity contribution in [2.75, 3.05) is 13.2 Å². The Hall–Kier alpha value is -1.69. The molecule has 6 heteroatoms. The third kappa shape index (κ3) is 6.43. The normalized spacial score (nSPS) is 15.0. The van der Waals surface area contributed by atoms with Crippen LogP contribution < -0.4 is 5.32 Å². The van der Waals surface area contributed by atoms with Gasteiger partial charge in [0.1, 0.15) is 0 Å². The highest BCUT2D eigenvalue weighted by Crippen LogP contribution is 2.26. The van der Waals surface area contributed by atoms with Gasteiger partial charge in [-0.25, -0.2) is 0 Å². The summed E-state index contributed by atoms with van der Waals surface area (Å²) in [5, 5.41) is 2.72. The van der Waals surface area contributed by atoms with E-state index in [4.69, 9.17) is 4.74 Å². The van der Waals surface area contributed by atoms with Gasteiger partial charge >= 0.3 is 5.97 Å². The van der Waals surface area contributed by atoms with Gasteiger partial charge in [0.15, 0.2) is 6.61 Å². The third-order valence-electron chi connectivity index (χ3n) is 4.23. The largest absolute Gasteiger partial charge is 0.457 e. The van der Waals surface area contributed by atoms with Crippen molar-refractivity contribution < 1.29 is 19.1 Å². The first-order chi connectivity index (χ1) is 11.5. The molecule has 0 aromatic carbocycles. The number of nitrogens with one attached hydrogen (secondary N) is 1. The number of carbonyl (C=O) groups excluding carboxylic acids is 3. The molecule has 2 rings (SSSR count). The van der Waals surface area contributed by atoms with Crippen LogP contribution in [0, 0.1) is 5.92 Å². The molecule has 1 heterocycles. The summed E-state index contributed by atoms with van der Waals surface area (Å²) < 4.78 is 5.14. The fourth-order valence-electron chi connectivity index (χ4n) is 2.93. The zero-order valence-corrected chi connectivity index (χ0v) is 15.0. The summed E-state index contributed by atoms with van der Waals surface area (Å²) in [6, 6.07) is 3.63. The maximum atomic E-state index is 12.1. The number of hydrogen-bond acceptors (Lipinski definition) is 5. The summed E-state index contributed by atoms with van der Waals surface area (Å²) in [5.41, 5.74) is 0. The molecule has 1 aromatic heterocycles. The van der Waals surface area contributed by atoms with Gasteiger partial charge in [-0.1, -0.05) is 19.3 Å². The van der Waals surface area contributed by atoms with E-state index < -0.39 is 0 Å². The molecule has 1 fully saturated rings. The van der Waals surface area contributed by atoms with Crippen molar-refractivity contribution in [3.05, 3.63) is 21.9 Å². The topological polar surface area (TPSA) is 72.5 Å². The van der Waals surface area contributed by atoms with E-state index in [9.17, 15) is 14.4 Å². The maximum Gasteiger partial charge on any atom is 0.306 e. The minimum Gasteiger partial charge on any atom is -0.457 e. The number of amides is 1. The van der Waals surface area contributed by atoms with Crippen molar-refractivity contribution in [2.24, 2.45) is 5.92 Å². The van der Waals surface area contributed by atoms with E-state index in [1.807, 2.05) is 6.07 Å². The van der Waals surface area contributed by atoms with E-state index in [1.165, 1.54) is 37.5 Å². The van der Waals surface area contributed by atoms with Crippen LogP contribution in [0.2, 0.25) is 0 Å². The first-order valence-corrected chi connectivity index (χ1v) is 9.38. The molecular formula is C18H25NO4S. The Bertz CT molecular complexity index is 575. The SMILES string of the molecule is CC(=O)NCCc1ccc(C(=O)COC(=O)CC2CCCCC2)s1. The average Bonchev–Trinajstić information content (AvgIpc) is 3.02. The number of carbonyl (C=O) groups is 3. The minimum atomic E-state index is -0.266. The lowest BCUT2D eigenvalue weighted by Crippen LogP contribution is -2.22. The van der Waals surface area contributed by atoms with E-state index in [0.29, 0.717) is 30.2 Å². The molecule has 0 atom stereocenters. The number of rotatable bonds is 8. The molecule has 0 aliphatic heterocycles. The van der Waals surface area contributed by atoms with Crippen LogP contribution in [0.4, 0.5) is 0 Å². The molecule has 0 radical (unpaired) electrons. The molecule has 1 aliphatic carbocycles. The van der Waals surface area contributed by atoms with Gasteiger partial charge in [-0.15, -0.1) is 11.3 Å². The van der Waals surface area contributed by atoms with Gasteiger partial charge in [-0.2, -0.15) is 0 Å². The second-order valence-electron chi connectivity index (χ2n) is 6.29. The quantitative estimate of drug-likeness (QED) is 0.577. The van der Waals surface area contributed by atoms with Gasteiger partial charge in [0.2, 0.25) is 11.7 Å². The summed E-state index contributed by atoms with van der Waals surface area (Å²) in [5.74, 6) is -0.0725. The van der Waals surface area contributed by atoms with Crippen LogP contribution in [0.3, 0.4) is 0 Å². The Labute approximate surface area is 146 Å². The van der Waals surface area contributed by atoms with Gasteiger partial charge in [0, 0.05) is 24.8 Å². The molecule has 0 spiro atoms. The van der Waals surface area contributed by atoms with Crippen LogP contribution in [0.25, 0.3) is 0 Å². The lowest BCUT2D eigenvalue weighted by molar-refractivity contribution is -0.143. The number of Topliss-reactive ketones (excluding diaryl/α,β-unsaturated/α-hetero) is 1. The van der Waals surface area contributed by atoms with E-state index in [0.717, 1.165) is 17.7 Å². The van der Waals surface area contributed by atoms with Crippen LogP contribution in [-0.2, 0) is 20.7 Å². The van der Waals surface area contributed by atoms with Crippen LogP contribution >= 0.6 is 11.3 Å². The van der Waals surface area contributed by atoms with Crippen LogP contribution in [0.15, 0.2) is 12.1 Å². The fourth-order valence-corrected chi connectivity index (χ4v) is 3.86. The summed E-state index contributed by atoms with van der Waals surface area (Å²) in [6.07, 6.45) is 6.93. The molecule has 0 saturated heterocycles. The molecule has 0 bridgehead atoms. The molecule has 0 unspecified atom stereocenters. The first kappa shape index (κ1) is 18.6. The third-order valence-corrected chi connectivity index (χ3v) is 5.41. The summed E-state index contributed by atoms with van der Waals surface area (Å²) in [4.78, 5) is 36.4. The molecule has 1 saturated carbocycles. The number of esters is 1. The van der Waals surface area contributed by atoms with E-state index in [1.54, 1.807) is 6.07 Å². The van der Waals surface area contributed by atoms with Crippen molar-refractivity contribution in [3.8, 4) is 0 Å². The number of ether oxygens (including phenoxy) is 1. The predicted octanol–water partition coefficient (Wildman–Crippen LogP) is 3.12. The van der Waals surface area contributed by atoms with Crippen LogP contribution in [0.1, 0.15) is 60.0 Å². The zero-order chi connectivity index (χ0) is 17.4. The van der Waals surface area contributed by atoms with Gasteiger partial charge in [-0.05, 0) is 37.3 Å². The molecule has 132 valence electrons. The standard InChI is InChI=1S/C18H25NO4S/c1-13(20)19-10-9-15-7-8-17(24-15)16(21)12-23-18(22)11-14-5-3-2-4-6-14/h7-8,14H,2-6,9-12H2,1H3,(H,19,20). The number of ketones is 1. The van der Waals surface area contributed by atoms with Crippen LogP contribution in [-0.4, -0.2) is 30.8 Å². The first-order valence-electron chi connectivity index (χ1n) is 8.56.